The number of hydrogen-bond donors (Lipinski definition) is 2. The number of carboxylic acid groups (broad SMARTS) is 1. The third-order valence-corrected chi connectivity index (χ3v) is 6.27. The maximum absolute atomic E-state index is 11.8. The van der Waals surface area contributed by atoms with Crippen LogP contribution in [0.4, 0.5) is 5.82 Å². The third kappa shape index (κ3) is 4.41. The Hall–Kier alpha value is -3.45. The summed E-state index contributed by atoms with van der Waals surface area (Å²) >= 11 is 6.09. The predicted molar refractivity (Wildman–Crippen MR) is 129 cm³/mol. The number of aryl methyl sites for hydroxylation is 1. The number of hydrogen-bond acceptors (Lipinski definition) is 5. The van der Waals surface area contributed by atoms with Crippen LogP contribution in [0.5, 0.6) is 0 Å². The number of nitrogens with one attached hydrogen (secondary N) is 1. The van der Waals surface area contributed by atoms with Gasteiger partial charge >= 0.3 is 5.97 Å². The van der Waals surface area contributed by atoms with Crippen molar-refractivity contribution in [1.29, 1.82) is 0 Å². The zero-order chi connectivity index (χ0) is 23.1. The molecule has 0 spiro atoms. The molecule has 1 aliphatic carbocycles. The molecule has 7 nitrogen and oxygen atoms in total. The molecule has 1 fully saturated rings. The van der Waals surface area contributed by atoms with E-state index in [0.29, 0.717) is 40.3 Å². The second-order valence-corrected chi connectivity index (χ2v) is 9.10. The van der Waals surface area contributed by atoms with Crippen LogP contribution in [0.3, 0.4) is 0 Å². The van der Waals surface area contributed by atoms with Crippen molar-refractivity contribution in [3.8, 4) is 11.4 Å². The van der Waals surface area contributed by atoms with Gasteiger partial charge in [0.15, 0.2) is 11.5 Å². The molecule has 1 atom stereocenters. The van der Waals surface area contributed by atoms with E-state index in [0.717, 1.165) is 29.5 Å². The molecule has 1 aliphatic rings. The van der Waals surface area contributed by atoms with E-state index in [1.807, 2.05) is 49.4 Å². The molecule has 2 aromatic heterocycles. The van der Waals surface area contributed by atoms with Crippen molar-refractivity contribution in [2.24, 2.45) is 5.92 Å². The smallest absolute Gasteiger partial charge is 0.374 e. The summed E-state index contributed by atoms with van der Waals surface area (Å²) < 4.78 is 2.06. The molecule has 2 heterocycles. The standard InChI is InChI=1S/C25H24ClN5O2/c1-14-4-3-5-18(12-14)24-30-22-20(31(24)13-16-6-10-19(26)11-7-16)21(27-15(2)17-8-9-17)28-23(29-22)25(32)33/h3-7,10-12,15,17H,8-9,13H2,1-2H3,(H,32,33)(H,27,28,29). The Morgan fingerprint density at radius 1 is 1.18 bits per heavy atom. The number of nitrogens with zero attached hydrogens (tertiary/aromatic N) is 4. The van der Waals surface area contributed by atoms with Gasteiger partial charge in [-0.05, 0) is 56.4 Å². The van der Waals surface area contributed by atoms with Crippen LogP contribution in [-0.4, -0.2) is 36.6 Å². The minimum Gasteiger partial charge on any atom is -0.475 e. The van der Waals surface area contributed by atoms with E-state index in [1.165, 1.54) is 0 Å². The summed E-state index contributed by atoms with van der Waals surface area (Å²) in [5, 5.41) is 13.7. The third-order valence-electron chi connectivity index (χ3n) is 6.02. The lowest BCUT2D eigenvalue weighted by molar-refractivity contribution is 0.0684. The summed E-state index contributed by atoms with van der Waals surface area (Å²) in [6.45, 7) is 4.65. The fourth-order valence-electron chi connectivity index (χ4n) is 4.09. The molecule has 168 valence electrons. The fraction of sp³-hybridized carbons (Fsp3) is 0.280. The largest absolute Gasteiger partial charge is 0.475 e. The van der Waals surface area contributed by atoms with Crippen LogP contribution in [0.15, 0.2) is 48.5 Å². The number of aromatic nitrogens is 4. The average Bonchev–Trinajstić information content (AvgIpc) is 3.57. The van der Waals surface area contributed by atoms with Crippen LogP contribution in [0.2, 0.25) is 5.02 Å². The fourth-order valence-corrected chi connectivity index (χ4v) is 4.22. The van der Waals surface area contributed by atoms with Gasteiger partial charge in [-0.15, -0.1) is 0 Å². The van der Waals surface area contributed by atoms with Gasteiger partial charge in [0.25, 0.3) is 0 Å². The van der Waals surface area contributed by atoms with E-state index in [-0.39, 0.29) is 11.9 Å². The van der Waals surface area contributed by atoms with Crippen LogP contribution < -0.4 is 5.32 Å². The van der Waals surface area contributed by atoms with Crippen molar-refractivity contribution in [3.05, 3.63) is 70.5 Å². The second-order valence-electron chi connectivity index (χ2n) is 8.66. The van der Waals surface area contributed by atoms with Gasteiger partial charge < -0.3 is 15.0 Å². The number of halogens is 1. The Balaban J connectivity index is 1.73. The quantitative estimate of drug-likeness (QED) is 0.382. The van der Waals surface area contributed by atoms with E-state index < -0.39 is 5.97 Å². The molecule has 0 saturated heterocycles. The first-order chi connectivity index (χ1) is 15.9. The van der Waals surface area contributed by atoms with Crippen molar-refractivity contribution >= 4 is 34.6 Å². The second kappa shape index (κ2) is 8.48. The Morgan fingerprint density at radius 2 is 1.94 bits per heavy atom. The molecular weight excluding hydrogens is 438 g/mol. The number of anilines is 1. The molecule has 1 saturated carbocycles. The van der Waals surface area contributed by atoms with Crippen LogP contribution in [0.25, 0.3) is 22.6 Å². The van der Waals surface area contributed by atoms with Crippen LogP contribution in [0.1, 0.15) is 41.5 Å². The van der Waals surface area contributed by atoms with Crippen LogP contribution >= 0.6 is 11.6 Å². The van der Waals surface area contributed by atoms with Gasteiger partial charge in [-0.25, -0.2) is 19.7 Å². The molecule has 0 amide bonds. The molecule has 0 bridgehead atoms. The maximum Gasteiger partial charge on any atom is 0.374 e. The Labute approximate surface area is 196 Å². The van der Waals surface area contributed by atoms with E-state index in [1.54, 1.807) is 0 Å². The van der Waals surface area contributed by atoms with Crippen molar-refractivity contribution in [3.63, 3.8) is 0 Å². The van der Waals surface area contributed by atoms with Crippen molar-refractivity contribution in [1.82, 2.24) is 19.5 Å². The number of carboxylic acids is 1. The summed E-state index contributed by atoms with van der Waals surface area (Å²) in [6.07, 6.45) is 2.32. The van der Waals surface area contributed by atoms with Gasteiger partial charge in [0.2, 0.25) is 5.82 Å². The van der Waals surface area contributed by atoms with Crippen molar-refractivity contribution < 1.29 is 9.90 Å². The summed E-state index contributed by atoms with van der Waals surface area (Å²) in [5.41, 5.74) is 4.13. The Morgan fingerprint density at radius 3 is 2.61 bits per heavy atom. The number of fused-ring (bicyclic) bond motifs is 1. The Bertz CT molecular complexity index is 1350. The lowest BCUT2D eigenvalue weighted by atomic mass is 10.1. The van der Waals surface area contributed by atoms with Gasteiger partial charge in [-0.3, -0.25) is 0 Å². The SMILES string of the molecule is Cc1cccc(-c2nc3nc(C(=O)O)nc(NC(C)C4CC4)c3n2Cc2ccc(Cl)cc2)c1. The highest BCUT2D eigenvalue weighted by Gasteiger charge is 2.30. The molecule has 8 heteroatoms. The van der Waals surface area contributed by atoms with E-state index in [4.69, 9.17) is 16.6 Å². The van der Waals surface area contributed by atoms with Gasteiger partial charge in [0, 0.05) is 23.2 Å². The molecular formula is C25H24ClN5O2. The lowest BCUT2D eigenvalue weighted by Crippen LogP contribution is -2.20. The highest BCUT2D eigenvalue weighted by atomic mass is 35.5. The first-order valence-corrected chi connectivity index (χ1v) is 11.4. The zero-order valence-electron chi connectivity index (χ0n) is 18.4. The molecule has 0 radical (unpaired) electrons. The molecule has 5 rings (SSSR count). The normalized spacial score (nSPS) is 14.4. The summed E-state index contributed by atoms with van der Waals surface area (Å²) in [7, 11) is 0. The highest BCUT2D eigenvalue weighted by molar-refractivity contribution is 6.30. The first kappa shape index (κ1) is 21.4. The van der Waals surface area contributed by atoms with E-state index in [2.05, 4.69) is 32.8 Å². The number of benzene rings is 2. The monoisotopic (exact) mass is 461 g/mol. The van der Waals surface area contributed by atoms with E-state index in [9.17, 15) is 9.90 Å². The van der Waals surface area contributed by atoms with Gasteiger partial charge in [-0.1, -0.05) is 47.5 Å². The minimum atomic E-state index is -1.18. The molecule has 4 aromatic rings. The van der Waals surface area contributed by atoms with Crippen molar-refractivity contribution in [2.45, 2.75) is 39.3 Å². The van der Waals surface area contributed by atoms with Crippen LogP contribution in [0, 0.1) is 12.8 Å². The molecule has 33 heavy (non-hydrogen) atoms. The predicted octanol–water partition coefficient (Wildman–Crippen LogP) is 5.41. The van der Waals surface area contributed by atoms with Gasteiger partial charge in [0.05, 0.1) is 0 Å². The summed E-state index contributed by atoms with van der Waals surface area (Å²) in [4.78, 5) is 25.2. The Kier molecular flexibility index (Phi) is 5.50. The lowest BCUT2D eigenvalue weighted by Gasteiger charge is -2.17. The van der Waals surface area contributed by atoms with Crippen LogP contribution in [-0.2, 0) is 6.54 Å². The van der Waals surface area contributed by atoms with Crippen molar-refractivity contribution in [2.75, 3.05) is 5.32 Å². The number of imidazole rings is 1. The molecule has 2 aromatic carbocycles. The topological polar surface area (TPSA) is 92.9 Å². The van der Waals surface area contributed by atoms with E-state index >= 15 is 0 Å². The molecule has 2 N–H and O–H groups in total. The first-order valence-electron chi connectivity index (χ1n) is 11.0. The molecule has 0 aliphatic heterocycles. The zero-order valence-corrected chi connectivity index (χ0v) is 19.2. The number of aromatic carboxylic acids is 1. The van der Waals surface area contributed by atoms with Gasteiger partial charge in [0.1, 0.15) is 11.3 Å². The van der Waals surface area contributed by atoms with Gasteiger partial charge in [-0.2, -0.15) is 0 Å². The maximum atomic E-state index is 11.8. The summed E-state index contributed by atoms with van der Waals surface area (Å²) in [6, 6.07) is 15.9. The highest BCUT2D eigenvalue weighted by Crippen LogP contribution is 2.36. The average molecular weight is 462 g/mol. The molecule has 1 unspecified atom stereocenters. The number of carbonyl (C=O) groups is 1. The number of rotatable bonds is 7. The minimum absolute atomic E-state index is 0.172. The summed E-state index contributed by atoms with van der Waals surface area (Å²) in [5.74, 6) is 0.329.